The van der Waals surface area contributed by atoms with Crippen molar-refractivity contribution >= 4 is 0 Å². The van der Waals surface area contributed by atoms with Crippen LogP contribution < -0.4 is 58.2 Å². The average Bonchev–Trinajstić information content (AvgIpc) is 2.90. The van der Waals surface area contributed by atoms with Gasteiger partial charge in [0.2, 0.25) is 0 Å². The van der Waals surface area contributed by atoms with Crippen molar-refractivity contribution in [2.75, 3.05) is 0 Å². The summed E-state index contributed by atoms with van der Waals surface area (Å²) in [5, 5.41) is 0. The van der Waals surface area contributed by atoms with Crippen molar-refractivity contribution in [3.8, 4) is 11.1 Å². The van der Waals surface area contributed by atoms with Crippen LogP contribution in [0.15, 0.2) is 60.7 Å². The number of rotatable bonds is 2. The first-order valence-electron chi connectivity index (χ1n) is 7.90. The van der Waals surface area contributed by atoms with Crippen LogP contribution in [0.4, 0.5) is 17.6 Å². The molecule has 3 aromatic carbocycles. The van der Waals surface area contributed by atoms with Gasteiger partial charge in [-0.25, -0.2) is 17.6 Å². The topological polar surface area (TPSA) is 0 Å². The smallest absolute Gasteiger partial charge is 0.204 e. The Hall–Kier alpha value is -0.815. The monoisotopic (exact) mass is 426 g/mol. The van der Waals surface area contributed by atoms with Crippen LogP contribution in [-0.2, 0) is 12.3 Å². The number of alkyl halides is 2. The van der Waals surface area contributed by atoms with E-state index in [2.05, 4.69) is 6.07 Å². The SMILES string of the molecule is Fc1ccc2c(c1F)C(F)(F)C(c1ccc(-c3cc[c-]cc3)cc1)C2.[Rb+]. The van der Waals surface area contributed by atoms with Crippen LogP contribution in [0.5, 0.6) is 0 Å². The van der Waals surface area contributed by atoms with Crippen LogP contribution in [0.25, 0.3) is 11.1 Å². The molecule has 0 bridgehead atoms. The normalized spacial score (nSPS) is 17.5. The molecule has 0 saturated carbocycles. The molecule has 0 aromatic heterocycles. The van der Waals surface area contributed by atoms with E-state index in [4.69, 9.17) is 0 Å². The summed E-state index contributed by atoms with van der Waals surface area (Å²) in [6.45, 7) is 0. The summed E-state index contributed by atoms with van der Waals surface area (Å²) in [5.41, 5.74) is 1.62. The van der Waals surface area contributed by atoms with E-state index in [0.717, 1.165) is 17.2 Å². The minimum atomic E-state index is -3.44. The molecule has 26 heavy (non-hydrogen) atoms. The molecule has 0 spiro atoms. The third-order valence-electron chi connectivity index (χ3n) is 4.74. The van der Waals surface area contributed by atoms with Gasteiger partial charge in [0.1, 0.15) is 0 Å². The van der Waals surface area contributed by atoms with Gasteiger partial charge in [0, 0.05) is 0 Å². The fourth-order valence-electron chi connectivity index (χ4n) is 3.46. The van der Waals surface area contributed by atoms with E-state index in [-0.39, 0.29) is 70.2 Å². The number of fused-ring (bicyclic) bond motifs is 1. The summed E-state index contributed by atoms with van der Waals surface area (Å²) >= 11 is 0. The maximum Gasteiger partial charge on any atom is 1.00 e. The molecule has 0 saturated heterocycles. The molecule has 0 amide bonds. The Morgan fingerprint density at radius 2 is 1.46 bits per heavy atom. The summed E-state index contributed by atoms with van der Waals surface area (Å²) in [6.07, 6.45) is -0.0147. The zero-order chi connectivity index (χ0) is 17.6. The standard InChI is InChI=1S/C21H13F4.Rb/c22-18-11-10-16-12-17(21(24,25)19(16)20(18)23)15-8-6-14(7-9-15)13-4-2-1-3-5-13;/h2-11,17H,12H2;/q-1;+1. The molecule has 1 unspecified atom stereocenters. The summed E-state index contributed by atoms with van der Waals surface area (Å²) in [5.74, 6) is -7.32. The molecular formula is C21H13F4Rb. The summed E-state index contributed by atoms with van der Waals surface area (Å²) < 4.78 is 56.8. The van der Waals surface area contributed by atoms with Gasteiger partial charge >= 0.3 is 58.2 Å². The third-order valence-corrected chi connectivity index (χ3v) is 4.74. The molecule has 4 rings (SSSR count). The predicted octanol–water partition coefficient (Wildman–Crippen LogP) is 2.87. The Morgan fingerprint density at radius 3 is 2.12 bits per heavy atom. The Labute approximate surface area is 198 Å². The second-order valence-corrected chi connectivity index (χ2v) is 6.19. The van der Waals surface area contributed by atoms with E-state index in [9.17, 15) is 17.6 Å². The van der Waals surface area contributed by atoms with Gasteiger partial charge in [-0.15, -0.1) is 5.56 Å². The molecular weight excluding hydrogens is 414 g/mol. The fourth-order valence-corrected chi connectivity index (χ4v) is 3.46. The van der Waals surface area contributed by atoms with Crippen molar-refractivity contribution in [3.05, 3.63) is 95.1 Å². The van der Waals surface area contributed by atoms with Gasteiger partial charge in [-0.3, -0.25) is 0 Å². The largest absolute Gasteiger partial charge is 1.00 e. The number of hydrogen-bond donors (Lipinski definition) is 0. The molecule has 0 heterocycles. The molecule has 0 nitrogen and oxygen atoms in total. The van der Waals surface area contributed by atoms with E-state index in [1.807, 2.05) is 12.1 Å². The summed E-state index contributed by atoms with van der Waals surface area (Å²) in [6, 6.07) is 19.2. The second-order valence-electron chi connectivity index (χ2n) is 6.19. The van der Waals surface area contributed by atoms with Crippen molar-refractivity contribution < 1.29 is 75.7 Å². The molecule has 1 atom stereocenters. The van der Waals surface area contributed by atoms with Crippen LogP contribution in [0.2, 0.25) is 0 Å². The molecule has 5 heteroatoms. The average molecular weight is 427 g/mol. The van der Waals surface area contributed by atoms with Crippen molar-refractivity contribution in [1.29, 1.82) is 0 Å². The molecule has 1 aliphatic carbocycles. The Bertz CT molecular complexity index is 921. The van der Waals surface area contributed by atoms with Crippen molar-refractivity contribution in [2.45, 2.75) is 18.3 Å². The third kappa shape index (κ3) is 3.37. The fraction of sp³-hybridized carbons (Fsp3) is 0.143. The van der Waals surface area contributed by atoms with Crippen molar-refractivity contribution in [3.63, 3.8) is 0 Å². The maximum atomic E-state index is 14.7. The van der Waals surface area contributed by atoms with Gasteiger partial charge in [0.25, 0.3) is 5.92 Å². The van der Waals surface area contributed by atoms with E-state index >= 15 is 0 Å². The first-order valence-corrected chi connectivity index (χ1v) is 7.90. The first-order chi connectivity index (χ1) is 12.0. The van der Waals surface area contributed by atoms with E-state index in [1.165, 1.54) is 6.07 Å². The van der Waals surface area contributed by atoms with Gasteiger partial charge in [-0.05, 0) is 29.2 Å². The molecule has 1 aliphatic rings. The summed E-state index contributed by atoms with van der Waals surface area (Å²) in [4.78, 5) is 0. The van der Waals surface area contributed by atoms with Gasteiger partial charge in [0.15, 0.2) is 11.6 Å². The minimum absolute atomic E-state index is 0. The molecule has 126 valence electrons. The van der Waals surface area contributed by atoms with Crippen LogP contribution in [0, 0.1) is 17.7 Å². The van der Waals surface area contributed by atoms with Gasteiger partial charge in [0.05, 0.1) is 11.5 Å². The summed E-state index contributed by atoms with van der Waals surface area (Å²) in [7, 11) is 0. The molecule has 0 radical (unpaired) electrons. The molecule has 0 N–H and O–H groups in total. The predicted molar refractivity (Wildman–Crippen MR) is 87.4 cm³/mol. The van der Waals surface area contributed by atoms with Crippen LogP contribution >= 0.6 is 0 Å². The van der Waals surface area contributed by atoms with Crippen molar-refractivity contribution in [2.24, 2.45) is 0 Å². The quantitative estimate of drug-likeness (QED) is 0.437. The molecule has 3 aromatic rings. The van der Waals surface area contributed by atoms with Gasteiger partial charge < -0.3 is 0 Å². The van der Waals surface area contributed by atoms with E-state index in [0.29, 0.717) is 5.56 Å². The number of hydrogen-bond acceptors (Lipinski definition) is 0. The zero-order valence-corrected chi connectivity index (χ0v) is 19.0. The maximum absolute atomic E-state index is 14.7. The zero-order valence-electron chi connectivity index (χ0n) is 14.1. The Morgan fingerprint density at radius 1 is 0.846 bits per heavy atom. The number of halogens is 4. The molecule has 0 aliphatic heterocycles. The van der Waals surface area contributed by atoms with E-state index in [1.54, 1.807) is 36.4 Å². The Balaban J connectivity index is 0.00000196. The second kappa shape index (κ2) is 7.66. The van der Waals surface area contributed by atoms with Gasteiger partial charge in [-0.1, -0.05) is 30.3 Å². The van der Waals surface area contributed by atoms with Crippen LogP contribution in [0.1, 0.15) is 22.6 Å². The molecule has 0 fully saturated rings. The van der Waals surface area contributed by atoms with Crippen molar-refractivity contribution in [1.82, 2.24) is 0 Å². The van der Waals surface area contributed by atoms with E-state index < -0.39 is 29.0 Å². The Kier molecular flexibility index (Phi) is 5.88. The van der Waals surface area contributed by atoms with Crippen LogP contribution in [0.3, 0.4) is 0 Å². The van der Waals surface area contributed by atoms with Crippen LogP contribution in [-0.4, -0.2) is 0 Å². The first kappa shape index (κ1) is 19.9. The number of benzene rings is 3. The minimum Gasteiger partial charge on any atom is -0.204 e. The van der Waals surface area contributed by atoms with Gasteiger partial charge in [-0.2, -0.15) is 30.3 Å².